The molecule has 94 valence electrons. The van der Waals surface area contributed by atoms with E-state index >= 15 is 0 Å². The number of imidazole rings is 1. The average molecular weight is 236 g/mol. The van der Waals surface area contributed by atoms with Crippen molar-refractivity contribution in [2.75, 3.05) is 19.6 Å². The molecule has 0 saturated carbocycles. The molecular weight excluding hydrogens is 216 g/mol. The molecule has 2 N–H and O–H groups in total. The summed E-state index contributed by atoms with van der Waals surface area (Å²) < 4.78 is 1.78. The van der Waals surface area contributed by atoms with Crippen LogP contribution in [0.3, 0.4) is 0 Å². The van der Waals surface area contributed by atoms with Crippen molar-refractivity contribution in [3.05, 3.63) is 18.2 Å². The molecule has 0 atom stereocenters. The third kappa shape index (κ3) is 3.56. The molecule has 1 aliphatic heterocycles. The van der Waals surface area contributed by atoms with Gasteiger partial charge in [0.25, 0.3) is 5.91 Å². The van der Waals surface area contributed by atoms with E-state index in [1.54, 1.807) is 17.1 Å². The van der Waals surface area contributed by atoms with E-state index in [0.717, 1.165) is 32.0 Å². The third-order valence-corrected chi connectivity index (χ3v) is 3.23. The van der Waals surface area contributed by atoms with Gasteiger partial charge in [-0.05, 0) is 38.3 Å². The van der Waals surface area contributed by atoms with Crippen LogP contribution < -0.4 is 10.6 Å². The molecule has 0 spiro atoms. The number of rotatable bonds is 4. The normalized spacial score (nSPS) is 17.0. The lowest BCUT2D eigenvalue weighted by Gasteiger charge is -2.22. The van der Waals surface area contributed by atoms with E-state index in [2.05, 4.69) is 15.6 Å². The van der Waals surface area contributed by atoms with Gasteiger partial charge < -0.3 is 15.2 Å². The smallest absolute Gasteiger partial charge is 0.271 e. The van der Waals surface area contributed by atoms with Crippen LogP contribution in [0.5, 0.6) is 0 Å². The van der Waals surface area contributed by atoms with Crippen molar-refractivity contribution in [3.63, 3.8) is 0 Å². The van der Waals surface area contributed by atoms with Gasteiger partial charge in [0.1, 0.15) is 5.69 Å². The highest BCUT2D eigenvalue weighted by Gasteiger charge is 2.13. The number of aromatic nitrogens is 2. The molecule has 1 aliphatic rings. The van der Waals surface area contributed by atoms with Crippen LogP contribution in [-0.4, -0.2) is 35.1 Å². The number of piperidine rings is 1. The Morgan fingerprint density at radius 3 is 3.00 bits per heavy atom. The highest BCUT2D eigenvalue weighted by Crippen LogP contribution is 2.14. The number of nitrogens with one attached hydrogen (secondary N) is 2. The highest BCUT2D eigenvalue weighted by molar-refractivity contribution is 5.91. The second-order valence-corrected chi connectivity index (χ2v) is 4.66. The van der Waals surface area contributed by atoms with E-state index < -0.39 is 0 Å². The van der Waals surface area contributed by atoms with Crippen LogP contribution in [0.2, 0.25) is 0 Å². The van der Waals surface area contributed by atoms with E-state index in [0.29, 0.717) is 5.69 Å². The standard InChI is InChI=1S/C12H20N4O/c1-16-8-11(15-9-16)12(17)14-7-4-10-2-5-13-6-3-10/h8-10,13H,2-7H2,1H3,(H,14,17). The summed E-state index contributed by atoms with van der Waals surface area (Å²) in [6.07, 6.45) is 6.89. The molecule has 0 aliphatic carbocycles. The lowest BCUT2D eigenvalue weighted by molar-refractivity contribution is 0.0946. The van der Waals surface area contributed by atoms with Gasteiger partial charge in [0, 0.05) is 19.8 Å². The molecule has 0 radical (unpaired) electrons. The molecule has 17 heavy (non-hydrogen) atoms. The van der Waals surface area contributed by atoms with Crippen LogP contribution in [-0.2, 0) is 7.05 Å². The number of amides is 1. The summed E-state index contributed by atoms with van der Waals surface area (Å²) in [4.78, 5) is 15.7. The molecule has 0 aromatic carbocycles. The Morgan fingerprint density at radius 1 is 1.59 bits per heavy atom. The van der Waals surface area contributed by atoms with E-state index in [-0.39, 0.29) is 5.91 Å². The largest absolute Gasteiger partial charge is 0.351 e. The van der Waals surface area contributed by atoms with E-state index in [4.69, 9.17) is 0 Å². The third-order valence-electron chi connectivity index (χ3n) is 3.23. The van der Waals surface area contributed by atoms with Gasteiger partial charge in [0.2, 0.25) is 0 Å². The number of hydrogen-bond acceptors (Lipinski definition) is 3. The fraction of sp³-hybridized carbons (Fsp3) is 0.667. The first-order valence-electron chi connectivity index (χ1n) is 6.22. The van der Waals surface area contributed by atoms with Crippen molar-refractivity contribution in [2.45, 2.75) is 19.3 Å². The van der Waals surface area contributed by atoms with Crippen LogP contribution in [0.4, 0.5) is 0 Å². The molecule has 2 heterocycles. The first-order chi connectivity index (χ1) is 8.25. The Balaban J connectivity index is 1.69. The zero-order valence-electron chi connectivity index (χ0n) is 10.3. The van der Waals surface area contributed by atoms with Crippen molar-refractivity contribution < 1.29 is 4.79 Å². The Morgan fingerprint density at radius 2 is 2.35 bits per heavy atom. The van der Waals surface area contributed by atoms with Crippen molar-refractivity contribution in [3.8, 4) is 0 Å². The highest BCUT2D eigenvalue weighted by atomic mass is 16.1. The van der Waals surface area contributed by atoms with E-state index in [9.17, 15) is 4.79 Å². The average Bonchev–Trinajstić information content (AvgIpc) is 2.77. The van der Waals surface area contributed by atoms with Gasteiger partial charge in [0.05, 0.1) is 6.33 Å². The van der Waals surface area contributed by atoms with Crippen LogP contribution in [0.1, 0.15) is 29.8 Å². The summed E-state index contributed by atoms with van der Waals surface area (Å²) in [5.41, 5.74) is 0.498. The van der Waals surface area contributed by atoms with Crippen molar-refractivity contribution in [1.29, 1.82) is 0 Å². The summed E-state index contributed by atoms with van der Waals surface area (Å²) in [5.74, 6) is 0.680. The molecule has 1 aromatic heterocycles. The minimum absolute atomic E-state index is 0.0699. The molecule has 1 aromatic rings. The maximum absolute atomic E-state index is 11.7. The second kappa shape index (κ2) is 5.82. The number of hydrogen-bond donors (Lipinski definition) is 2. The summed E-state index contributed by atoms with van der Waals surface area (Å²) in [5, 5.41) is 6.27. The topological polar surface area (TPSA) is 59.0 Å². The number of aryl methyl sites for hydroxylation is 1. The van der Waals surface area contributed by atoms with E-state index in [1.807, 2.05) is 7.05 Å². The molecular formula is C12H20N4O. The summed E-state index contributed by atoms with van der Waals surface area (Å²) in [6.45, 7) is 2.97. The van der Waals surface area contributed by atoms with Gasteiger partial charge in [-0.25, -0.2) is 4.98 Å². The fourth-order valence-corrected chi connectivity index (χ4v) is 2.18. The summed E-state index contributed by atoms with van der Waals surface area (Å²) in [6, 6.07) is 0. The van der Waals surface area contributed by atoms with Crippen LogP contribution in [0.25, 0.3) is 0 Å². The van der Waals surface area contributed by atoms with Gasteiger partial charge in [-0.2, -0.15) is 0 Å². The zero-order chi connectivity index (χ0) is 12.1. The lowest BCUT2D eigenvalue weighted by atomic mass is 9.95. The van der Waals surface area contributed by atoms with Crippen molar-refractivity contribution >= 4 is 5.91 Å². The van der Waals surface area contributed by atoms with Crippen LogP contribution in [0.15, 0.2) is 12.5 Å². The SMILES string of the molecule is Cn1cnc(C(=O)NCCC2CCNCC2)c1. The van der Waals surface area contributed by atoms with Crippen LogP contribution in [0, 0.1) is 5.92 Å². The molecule has 0 bridgehead atoms. The Labute approximate surface area is 102 Å². The van der Waals surface area contributed by atoms with Gasteiger partial charge in [-0.15, -0.1) is 0 Å². The summed E-state index contributed by atoms with van der Waals surface area (Å²) >= 11 is 0. The maximum Gasteiger partial charge on any atom is 0.271 e. The molecule has 2 rings (SSSR count). The molecule has 5 nitrogen and oxygen atoms in total. The van der Waals surface area contributed by atoms with Gasteiger partial charge in [-0.3, -0.25) is 4.79 Å². The zero-order valence-corrected chi connectivity index (χ0v) is 10.3. The lowest BCUT2D eigenvalue weighted by Crippen LogP contribution is -2.31. The quantitative estimate of drug-likeness (QED) is 0.802. The van der Waals surface area contributed by atoms with Crippen LogP contribution >= 0.6 is 0 Å². The minimum atomic E-state index is -0.0699. The number of carbonyl (C=O) groups is 1. The first kappa shape index (κ1) is 12.1. The molecule has 1 saturated heterocycles. The summed E-state index contributed by atoms with van der Waals surface area (Å²) in [7, 11) is 1.86. The van der Waals surface area contributed by atoms with Crippen molar-refractivity contribution in [1.82, 2.24) is 20.2 Å². The van der Waals surface area contributed by atoms with Gasteiger partial charge in [-0.1, -0.05) is 0 Å². The maximum atomic E-state index is 11.7. The molecule has 1 amide bonds. The van der Waals surface area contributed by atoms with E-state index in [1.165, 1.54) is 12.8 Å². The Kier molecular flexibility index (Phi) is 4.14. The monoisotopic (exact) mass is 236 g/mol. The number of nitrogens with zero attached hydrogens (tertiary/aromatic N) is 2. The number of carbonyl (C=O) groups excluding carboxylic acids is 1. The fourth-order valence-electron chi connectivity index (χ4n) is 2.18. The molecule has 1 fully saturated rings. The first-order valence-corrected chi connectivity index (χ1v) is 6.22. The Hall–Kier alpha value is -1.36. The van der Waals surface area contributed by atoms with Gasteiger partial charge in [0.15, 0.2) is 0 Å². The van der Waals surface area contributed by atoms with Gasteiger partial charge >= 0.3 is 0 Å². The predicted octanol–water partition coefficient (Wildman–Crippen LogP) is 0.540. The molecule has 0 unspecified atom stereocenters. The molecule has 5 heteroatoms. The van der Waals surface area contributed by atoms with Crippen molar-refractivity contribution in [2.24, 2.45) is 13.0 Å². The Bertz CT molecular complexity index is 368. The predicted molar refractivity (Wildman–Crippen MR) is 65.8 cm³/mol. The minimum Gasteiger partial charge on any atom is -0.351 e. The second-order valence-electron chi connectivity index (χ2n) is 4.66.